The molecule has 2 unspecified atom stereocenters. The molecule has 0 spiro atoms. The maximum atomic E-state index is 13.9. The summed E-state index contributed by atoms with van der Waals surface area (Å²) in [5.41, 5.74) is -0.355. The fraction of sp³-hybridized carbons (Fsp3) is 0.321. The fourth-order valence-corrected chi connectivity index (χ4v) is 4.41. The number of benzene rings is 2. The lowest BCUT2D eigenvalue weighted by Gasteiger charge is -2.38. The third-order valence-electron chi connectivity index (χ3n) is 6.33. The topological polar surface area (TPSA) is 116 Å². The number of amides is 3. The van der Waals surface area contributed by atoms with Gasteiger partial charge in [0.1, 0.15) is 5.92 Å². The van der Waals surface area contributed by atoms with Crippen molar-refractivity contribution >= 4 is 23.4 Å². The zero-order chi connectivity index (χ0) is 29.4. The first-order valence-electron chi connectivity index (χ1n) is 12.2. The maximum absolute atomic E-state index is 13.9. The molecule has 3 rings (SSSR count). The monoisotopic (exact) mass is 553 g/mol. The average molecular weight is 554 g/mol. The summed E-state index contributed by atoms with van der Waals surface area (Å²) in [7, 11) is 1.48. The molecule has 1 aliphatic rings. The van der Waals surface area contributed by atoms with Gasteiger partial charge in [0.2, 0.25) is 17.7 Å². The highest BCUT2D eigenvalue weighted by Gasteiger charge is 2.47. The normalized spacial score (nSPS) is 17.2. The van der Waals surface area contributed by atoms with Gasteiger partial charge in [-0.3, -0.25) is 19.3 Å². The van der Waals surface area contributed by atoms with Crippen molar-refractivity contribution in [3.8, 4) is 6.07 Å². The first kappa shape index (κ1) is 29.9. The molecule has 1 aliphatic heterocycles. The molecule has 0 saturated heterocycles. The minimum absolute atomic E-state index is 0.0146. The molecule has 12 heteroatoms. The number of rotatable bonds is 9. The largest absolute Gasteiger partial charge is 0.416 e. The van der Waals surface area contributed by atoms with Crippen molar-refractivity contribution < 1.29 is 32.3 Å². The zero-order valence-electron chi connectivity index (χ0n) is 21.7. The van der Waals surface area contributed by atoms with Crippen LogP contribution in [0.4, 0.5) is 18.9 Å². The number of anilines is 1. The van der Waals surface area contributed by atoms with Crippen LogP contribution < -0.4 is 15.5 Å². The molecule has 2 aromatic rings. The molecule has 0 aromatic heterocycles. The van der Waals surface area contributed by atoms with Crippen LogP contribution in [0, 0.1) is 23.8 Å². The number of nitrogens with one attached hydrogen (secondary N) is 2. The van der Waals surface area contributed by atoms with E-state index in [9.17, 15) is 27.6 Å². The lowest BCUT2D eigenvalue weighted by Crippen LogP contribution is -2.50. The molecule has 0 aliphatic carbocycles. The highest BCUT2D eigenvalue weighted by Crippen LogP contribution is 2.43. The Morgan fingerprint density at radius 3 is 2.45 bits per heavy atom. The summed E-state index contributed by atoms with van der Waals surface area (Å²) in [6.45, 7) is 9.74. The second-order valence-corrected chi connectivity index (χ2v) is 8.88. The Hall–Kier alpha value is -4.68. The third kappa shape index (κ3) is 6.65. The van der Waals surface area contributed by atoms with Crippen molar-refractivity contribution in [1.29, 1.82) is 5.26 Å². The van der Waals surface area contributed by atoms with Crippen LogP contribution in [0.2, 0.25) is 0 Å². The summed E-state index contributed by atoms with van der Waals surface area (Å²) in [5, 5.41) is 14.3. The molecule has 40 heavy (non-hydrogen) atoms. The van der Waals surface area contributed by atoms with Gasteiger partial charge in [-0.15, -0.1) is 0 Å². The van der Waals surface area contributed by atoms with E-state index >= 15 is 0 Å². The van der Waals surface area contributed by atoms with E-state index in [1.165, 1.54) is 44.4 Å². The van der Waals surface area contributed by atoms with Gasteiger partial charge in [0, 0.05) is 43.9 Å². The number of ether oxygens (including phenoxy) is 1. The molecule has 9 nitrogen and oxygen atoms in total. The Bertz CT molecular complexity index is 1390. The summed E-state index contributed by atoms with van der Waals surface area (Å²) in [5.74, 6) is -4.60. The molecule has 2 aromatic carbocycles. The van der Waals surface area contributed by atoms with E-state index in [0.29, 0.717) is 17.7 Å². The molecule has 2 atom stereocenters. The van der Waals surface area contributed by atoms with E-state index < -0.39 is 35.4 Å². The fourth-order valence-electron chi connectivity index (χ4n) is 4.41. The van der Waals surface area contributed by atoms with E-state index in [-0.39, 0.29) is 42.5 Å². The molecular weight excluding hydrogens is 527 g/mol. The summed E-state index contributed by atoms with van der Waals surface area (Å²) in [4.78, 5) is 43.9. The number of methoxy groups -OCH3 is 1. The van der Waals surface area contributed by atoms with Crippen LogP contribution in [0.1, 0.15) is 36.0 Å². The molecule has 0 saturated carbocycles. The van der Waals surface area contributed by atoms with Crippen molar-refractivity contribution in [2.24, 2.45) is 5.92 Å². The standard InChI is InChI=1S/C28H26F3N5O4/c1-17-25(33-2)23(19-9-7-18(16-32)8-10-19)24(26(38)35-12-11-22(37)34-13-14-40-3)27(39)36(17)21-6-4-5-20(15-21)28(29,30)31/h4-10,15,23-24H,11-14H2,1,3H3,(H,34,37)(H,35,38). The minimum atomic E-state index is -4.68. The van der Waals surface area contributed by atoms with Gasteiger partial charge in [0.25, 0.3) is 0 Å². The number of carbonyl (C=O) groups is 3. The number of alkyl halides is 3. The number of hydrogen-bond donors (Lipinski definition) is 2. The number of hydrogen-bond acceptors (Lipinski definition) is 5. The van der Waals surface area contributed by atoms with Gasteiger partial charge in [-0.25, -0.2) is 4.85 Å². The molecular formula is C28H26F3N5O4. The zero-order valence-corrected chi connectivity index (χ0v) is 21.7. The number of allylic oxidation sites excluding steroid dienone is 2. The Labute approximate surface area is 229 Å². The van der Waals surface area contributed by atoms with Gasteiger partial charge in [-0.1, -0.05) is 18.2 Å². The van der Waals surface area contributed by atoms with Crippen LogP contribution >= 0.6 is 0 Å². The van der Waals surface area contributed by atoms with Crippen molar-refractivity contribution in [1.82, 2.24) is 10.6 Å². The summed E-state index contributed by atoms with van der Waals surface area (Å²) in [6.07, 6.45) is -4.78. The predicted octanol–water partition coefficient (Wildman–Crippen LogP) is 3.74. The smallest absolute Gasteiger partial charge is 0.383 e. The second kappa shape index (κ2) is 12.9. The molecule has 1 heterocycles. The summed E-state index contributed by atoms with van der Waals surface area (Å²) >= 11 is 0. The Morgan fingerprint density at radius 2 is 1.85 bits per heavy atom. The third-order valence-corrected chi connectivity index (χ3v) is 6.33. The van der Waals surface area contributed by atoms with Gasteiger partial charge in [-0.05, 0) is 42.8 Å². The number of nitriles is 1. The molecule has 0 fully saturated rings. The molecule has 2 N–H and O–H groups in total. The first-order chi connectivity index (χ1) is 19.0. The quantitative estimate of drug-likeness (QED) is 0.279. The van der Waals surface area contributed by atoms with Gasteiger partial charge in [-0.2, -0.15) is 18.4 Å². The highest BCUT2D eigenvalue weighted by molar-refractivity contribution is 6.12. The Morgan fingerprint density at radius 1 is 1.15 bits per heavy atom. The van der Waals surface area contributed by atoms with E-state index in [2.05, 4.69) is 15.5 Å². The average Bonchev–Trinajstić information content (AvgIpc) is 2.92. The van der Waals surface area contributed by atoms with Gasteiger partial charge >= 0.3 is 6.18 Å². The van der Waals surface area contributed by atoms with Crippen LogP contribution in [0.15, 0.2) is 59.9 Å². The first-order valence-corrected chi connectivity index (χ1v) is 12.2. The van der Waals surface area contributed by atoms with Gasteiger partial charge in [0.15, 0.2) is 5.70 Å². The number of halogens is 3. The van der Waals surface area contributed by atoms with Crippen LogP contribution in [0.5, 0.6) is 0 Å². The van der Waals surface area contributed by atoms with Crippen molar-refractivity contribution in [3.05, 3.63) is 88.0 Å². The molecule has 3 amide bonds. The van der Waals surface area contributed by atoms with E-state index in [4.69, 9.17) is 16.6 Å². The Balaban J connectivity index is 2.03. The lowest BCUT2D eigenvalue weighted by atomic mass is 9.78. The van der Waals surface area contributed by atoms with Gasteiger partial charge in [0.05, 0.1) is 30.4 Å². The maximum Gasteiger partial charge on any atom is 0.416 e. The predicted molar refractivity (Wildman–Crippen MR) is 138 cm³/mol. The second-order valence-electron chi connectivity index (χ2n) is 8.88. The van der Waals surface area contributed by atoms with E-state index in [0.717, 1.165) is 23.1 Å². The molecule has 0 radical (unpaired) electrons. The molecule has 208 valence electrons. The molecule has 0 bridgehead atoms. The highest BCUT2D eigenvalue weighted by atomic mass is 19.4. The van der Waals surface area contributed by atoms with E-state index in [1.54, 1.807) is 0 Å². The SMILES string of the molecule is [C-]#[N+]C1=C(C)N(c2cccc(C(F)(F)F)c2)C(=O)C(C(=O)NCCC(=O)NCCOC)C1c1ccc(C#N)cc1. The Kier molecular flexibility index (Phi) is 9.64. The minimum Gasteiger partial charge on any atom is -0.383 e. The lowest BCUT2D eigenvalue weighted by molar-refractivity contribution is -0.138. The van der Waals surface area contributed by atoms with Crippen molar-refractivity contribution in [2.75, 3.05) is 31.7 Å². The summed E-state index contributed by atoms with van der Waals surface area (Å²) < 4.78 is 45.2. The van der Waals surface area contributed by atoms with E-state index in [1.807, 2.05) is 6.07 Å². The number of carbonyl (C=O) groups excluding carboxylic acids is 3. The van der Waals surface area contributed by atoms with Crippen LogP contribution in [0.3, 0.4) is 0 Å². The van der Waals surface area contributed by atoms with Crippen LogP contribution in [0.25, 0.3) is 4.85 Å². The van der Waals surface area contributed by atoms with Crippen molar-refractivity contribution in [2.45, 2.75) is 25.4 Å². The summed E-state index contributed by atoms with van der Waals surface area (Å²) in [6, 6.07) is 12.1. The van der Waals surface area contributed by atoms with Crippen LogP contribution in [-0.4, -0.2) is 44.5 Å². The van der Waals surface area contributed by atoms with Crippen LogP contribution in [-0.2, 0) is 25.3 Å². The van der Waals surface area contributed by atoms with Crippen molar-refractivity contribution in [3.63, 3.8) is 0 Å². The number of nitrogens with zero attached hydrogens (tertiary/aromatic N) is 3. The van der Waals surface area contributed by atoms with Gasteiger partial charge < -0.3 is 15.4 Å².